The number of ether oxygens (including phenoxy) is 1. The molecule has 0 aliphatic carbocycles. The highest BCUT2D eigenvalue weighted by Gasteiger charge is 2.01. The van der Waals surface area contributed by atoms with E-state index in [1.54, 1.807) is 0 Å². The van der Waals surface area contributed by atoms with Crippen molar-refractivity contribution in [3.63, 3.8) is 0 Å². The maximum atomic E-state index is 7.34. The monoisotopic (exact) mass is 268 g/mol. The number of amidine groups is 1. The Morgan fingerprint density at radius 3 is 2.15 bits per heavy atom. The molecule has 0 spiro atoms. The Morgan fingerprint density at radius 2 is 1.65 bits per heavy atom. The van der Waals surface area contributed by atoms with E-state index in [2.05, 4.69) is 26.0 Å². The van der Waals surface area contributed by atoms with Crippen molar-refractivity contribution in [2.75, 3.05) is 0 Å². The average molecular weight is 268 g/mol. The van der Waals surface area contributed by atoms with Gasteiger partial charge in [0.25, 0.3) is 0 Å². The first-order valence-corrected chi connectivity index (χ1v) is 6.72. The lowest BCUT2D eigenvalue weighted by atomic mass is 10.0. The van der Waals surface area contributed by atoms with Crippen molar-refractivity contribution in [3.8, 4) is 5.75 Å². The zero-order chi connectivity index (χ0) is 14.5. The van der Waals surface area contributed by atoms with Crippen LogP contribution in [-0.2, 0) is 6.61 Å². The molecular formula is C17H20N2O. The van der Waals surface area contributed by atoms with E-state index in [1.807, 2.05) is 36.4 Å². The summed E-state index contributed by atoms with van der Waals surface area (Å²) in [7, 11) is 0. The standard InChI is InChI=1S/C17H20N2O/c1-12(2)14-7-9-16(10-8-14)20-11-13-3-5-15(6-4-13)17(18)19/h3-10,12H,11H2,1-2H3,(H3,18,19). The number of nitrogen functional groups attached to an aromatic ring is 1. The molecule has 0 saturated carbocycles. The Hall–Kier alpha value is -2.29. The van der Waals surface area contributed by atoms with Gasteiger partial charge in [0.2, 0.25) is 0 Å². The molecule has 3 N–H and O–H groups in total. The summed E-state index contributed by atoms with van der Waals surface area (Å²) < 4.78 is 5.74. The largest absolute Gasteiger partial charge is 0.489 e. The maximum Gasteiger partial charge on any atom is 0.122 e. The highest BCUT2D eigenvalue weighted by Crippen LogP contribution is 2.19. The van der Waals surface area contributed by atoms with Gasteiger partial charge in [-0.1, -0.05) is 50.2 Å². The molecular weight excluding hydrogens is 248 g/mol. The van der Waals surface area contributed by atoms with E-state index in [9.17, 15) is 0 Å². The topological polar surface area (TPSA) is 59.1 Å². The fourth-order valence-corrected chi connectivity index (χ4v) is 1.90. The summed E-state index contributed by atoms with van der Waals surface area (Å²) in [4.78, 5) is 0. The third kappa shape index (κ3) is 3.60. The highest BCUT2D eigenvalue weighted by atomic mass is 16.5. The second-order valence-corrected chi connectivity index (χ2v) is 5.12. The van der Waals surface area contributed by atoms with Crippen molar-refractivity contribution in [3.05, 3.63) is 65.2 Å². The van der Waals surface area contributed by atoms with Crippen molar-refractivity contribution in [2.24, 2.45) is 5.73 Å². The van der Waals surface area contributed by atoms with Gasteiger partial charge in [-0.2, -0.15) is 0 Å². The number of benzene rings is 2. The Labute approximate surface area is 119 Å². The lowest BCUT2D eigenvalue weighted by molar-refractivity contribution is 0.306. The fourth-order valence-electron chi connectivity index (χ4n) is 1.90. The van der Waals surface area contributed by atoms with Crippen LogP contribution in [-0.4, -0.2) is 5.84 Å². The molecule has 0 aliphatic heterocycles. The molecule has 0 aliphatic rings. The number of nitrogens with one attached hydrogen (secondary N) is 1. The first-order chi connectivity index (χ1) is 9.56. The first-order valence-electron chi connectivity index (χ1n) is 6.72. The van der Waals surface area contributed by atoms with E-state index in [0.29, 0.717) is 12.5 Å². The minimum Gasteiger partial charge on any atom is -0.489 e. The minimum atomic E-state index is 0.0849. The first kappa shape index (κ1) is 14.1. The van der Waals surface area contributed by atoms with Gasteiger partial charge in [-0.25, -0.2) is 0 Å². The van der Waals surface area contributed by atoms with Crippen molar-refractivity contribution < 1.29 is 4.74 Å². The molecule has 0 heterocycles. The molecule has 2 aromatic carbocycles. The summed E-state index contributed by atoms with van der Waals surface area (Å²) >= 11 is 0. The van der Waals surface area contributed by atoms with Crippen LogP contribution >= 0.6 is 0 Å². The van der Waals surface area contributed by atoms with E-state index < -0.39 is 0 Å². The zero-order valence-corrected chi connectivity index (χ0v) is 11.9. The molecule has 0 unspecified atom stereocenters. The Morgan fingerprint density at radius 1 is 1.05 bits per heavy atom. The third-order valence-electron chi connectivity index (χ3n) is 3.22. The predicted molar refractivity (Wildman–Crippen MR) is 82.3 cm³/mol. The highest BCUT2D eigenvalue weighted by molar-refractivity contribution is 5.94. The Bertz CT molecular complexity index is 571. The van der Waals surface area contributed by atoms with E-state index in [0.717, 1.165) is 16.9 Å². The fraction of sp³-hybridized carbons (Fsp3) is 0.235. The molecule has 0 atom stereocenters. The van der Waals surface area contributed by atoms with Gasteiger partial charge >= 0.3 is 0 Å². The molecule has 0 saturated heterocycles. The molecule has 104 valence electrons. The molecule has 3 nitrogen and oxygen atoms in total. The lowest BCUT2D eigenvalue weighted by Crippen LogP contribution is -2.10. The van der Waals surface area contributed by atoms with E-state index in [1.165, 1.54) is 5.56 Å². The minimum absolute atomic E-state index is 0.0849. The lowest BCUT2D eigenvalue weighted by Gasteiger charge is -2.09. The average Bonchev–Trinajstić information content (AvgIpc) is 2.46. The van der Waals surface area contributed by atoms with Gasteiger partial charge < -0.3 is 10.5 Å². The Balaban J connectivity index is 1.96. The van der Waals surface area contributed by atoms with Crippen molar-refractivity contribution in [2.45, 2.75) is 26.4 Å². The molecule has 20 heavy (non-hydrogen) atoms. The predicted octanol–water partition coefficient (Wildman–Crippen LogP) is 3.67. The molecule has 0 bridgehead atoms. The van der Waals surface area contributed by atoms with Crippen molar-refractivity contribution >= 4 is 5.84 Å². The smallest absolute Gasteiger partial charge is 0.122 e. The van der Waals surface area contributed by atoms with Crippen LogP contribution in [0.1, 0.15) is 36.5 Å². The van der Waals surface area contributed by atoms with Crippen LogP contribution in [0.3, 0.4) is 0 Å². The molecule has 0 fully saturated rings. The van der Waals surface area contributed by atoms with Crippen LogP contribution < -0.4 is 10.5 Å². The van der Waals surface area contributed by atoms with Crippen LogP contribution in [0.4, 0.5) is 0 Å². The second-order valence-electron chi connectivity index (χ2n) is 5.12. The molecule has 0 amide bonds. The van der Waals surface area contributed by atoms with Crippen LogP contribution in [0.25, 0.3) is 0 Å². The van der Waals surface area contributed by atoms with Crippen LogP contribution in [0.15, 0.2) is 48.5 Å². The number of nitrogens with two attached hydrogens (primary N) is 1. The molecule has 0 radical (unpaired) electrons. The number of hydrogen-bond acceptors (Lipinski definition) is 2. The van der Waals surface area contributed by atoms with Gasteiger partial charge in [0.15, 0.2) is 0 Å². The van der Waals surface area contributed by atoms with E-state index >= 15 is 0 Å². The van der Waals surface area contributed by atoms with Crippen molar-refractivity contribution in [1.29, 1.82) is 5.41 Å². The molecule has 3 heteroatoms. The third-order valence-corrected chi connectivity index (χ3v) is 3.22. The second kappa shape index (κ2) is 6.24. The quantitative estimate of drug-likeness (QED) is 0.642. The van der Waals surface area contributed by atoms with Crippen molar-refractivity contribution in [1.82, 2.24) is 0 Å². The van der Waals surface area contributed by atoms with E-state index in [-0.39, 0.29) is 5.84 Å². The van der Waals surface area contributed by atoms with Gasteiger partial charge in [0.05, 0.1) is 0 Å². The summed E-state index contributed by atoms with van der Waals surface area (Å²) in [5, 5.41) is 7.34. The van der Waals surface area contributed by atoms with Gasteiger partial charge in [-0.05, 0) is 29.2 Å². The normalized spacial score (nSPS) is 10.6. The molecule has 2 rings (SSSR count). The van der Waals surface area contributed by atoms with Gasteiger partial charge in [0.1, 0.15) is 18.2 Å². The number of hydrogen-bond donors (Lipinski definition) is 2. The molecule has 0 aromatic heterocycles. The molecule has 2 aromatic rings. The SMILES string of the molecule is CC(C)c1ccc(OCc2ccc(C(=N)N)cc2)cc1. The summed E-state index contributed by atoms with van der Waals surface area (Å²) in [5.41, 5.74) is 8.52. The maximum absolute atomic E-state index is 7.34. The van der Waals surface area contributed by atoms with Gasteiger partial charge in [0, 0.05) is 5.56 Å². The number of rotatable bonds is 5. The van der Waals surface area contributed by atoms with E-state index in [4.69, 9.17) is 15.9 Å². The summed E-state index contributed by atoms with van der Waals surface area (Å²) in [6, 6.07) is 15.7. The van der Waals surface area contributed by atoms with Crippen LogP contribution in [0, 0.1) is 5.41 Å². The summed E-state index contributed by atoms with van der Waals surface area (Å²) in [6.45, 7) is 4.86. The summed E-state index contributed by atoms with van der Waals surface area (Å²) in [5.74, 6) is 1.48. The Kier molecular flexibility index (Phi) is 4.41. The van der Waals surface area contributed by atoms with Crippen LogP contribution in [0.2, 0.25) is 0 Å². The summed E-state index contributed by atoms with van der Waals surface area (Å²) in [6.07, 6.45) is 0. The van der Waals surface area contributed by atoms with Gasteiger partial charge in [-0.3, -0.25) is 5.41 Å². The van der Waals surface area contributed by atoms with Crippen LogP contribution in [0.5, 0.6) is 5.75 Å². The zero-order valence-electron chi connectivity index (χ0n) is 11.9. The van der Waals surface area contributed by atoms with Gasteiger partial charge in [-0.15, -0.1) is 0 Å².